The van der Waals surface area contributed by atoms with E-state index in [-0.39, 0.29) is 5.69 Å². The third-order valence-corrected chi connectivity index (χ3v) is 2.07. The normalized spacial score (nSPS) is 11.1. The van der Waals surface area contributed by atoms with Crippen LogP contribution in [0.25, 0.3) is 0 Å². The number of anilines is 1. The molecule has 1 amide bonds. The van der Waals surface area contributed by atoms with Crippen LogP contribution in [0, 0.1) is 0 Å². The molecule has 0 aliphatic carbocycles. The molecule has 0 aliphatic heterocycles. The lowest BCUT2D eigenvalue weighted by Gasteiger charge is -2.15. The standard InChI is InChI=1S/C10H8F3NO3/c1-14(8(15)9(16)17)7-4-2-6(3-5-7)10(11,12)13/h2-5H,1H3,(H,16,17). The number of amides is 1. The van der Waals surface area contributed by atoms with Gasteiger partial charge in [0.05, 0.1) is 5.56 Å². The number of aliphatic carboxylic acids is 1. The first kappa shape index (κ1) is 13.0. The molecule has 0 fully saturated rings. The number of carboxylic acids is 1. The second-order valence-corrected chi connectivity index (χ2v) is 3.21. The van der Waals surface area contributed by atoms with Gasteiger partial charge in [0.25, 0.3) is 0 Å². The van der Waals surface area contributed by atoms with Gasteiger partial charge in [-0.25, -0.2) is 4.79 Å². The first-order valence-corrected chi connectivity index (χ1v) is 4.41. The molecule has 1 N–H and O–H groups in total. The first-order chi connectivity index (χ1) is 7.73. The van der Waals surface area contributed by atoms with Crippen LogP contribution in [0.1, 0.15) is 5.56 Å². The summed E-state index contributed by atoms with van der Waals surface area (Å²) in [5, 5.41) is 8.43. The quantitative estimate of drug-likeness (QED) is 0.769. The highest BCUT2D eigenvalue weighted by Crippen LogP contribution is 2.30. The van der Waals surface area contributed by atoms with Crippen molar-refractivity contribution in [1.29, 1.82) is 0 Å². The number of nitrogens with zero attached hydrogens (tertiary/aromatic N) is 1. The van der Waals surface area contributed by atoms with Crippen LogP contribution in [0.2, 0.25) is 0 Å². The van der Waals surface area contributed by atoms with Crippen LogP contribution < -0.4 is 4.90 Å². The van der Waals surface area contributed by atoms with E-state index in [9.17, 15) is 22.8 Å². The number of halogens is 3. The van der Waals surface area contributed by atoms with Crippen LogP contribution in [0.5, 0.6) is 0 Å². The summed E-state index contributed by atoms with van der Waals surface area (Å²) >= 11 is 0. The number of rotatable bonds is 1. The molecule has 0 saturated heterocycles. The van der Waals surface area contributed by atoms with Gasteiger partial charge in [0.15, 0.2) is 0 Å². The van der Waals surface area contributed by atoms with Crippen molar-refractivity contribution in [2.24, 2.45) is 0 Å². The molecule has 0 radical (unpaired) electrons. The molecule has 1 aromatic carbocycles. The number of carbonyl (C=O) groups excluding carboxylic acids is 1. The van der Waals surface area contributed by atoms with Crippen molar-refractivity contribution in [3.8, 4) is 0 Å². The van der Waals surface area contributed by atoms with E-state index in [4.69, 9.17) is 5.11 Å². The van der Waals surface area contributed by atoms with Gasteiger partial charge < -0.3 is 10.0 Å². The highest BCUT2D eigenvalue weighted by Gasteiger charge is 2.30. The molecule has 7 heteroatoms. The van der Waals surface area contributed by atoms with E-state index in [1.54, 1.807) is 0 Å². The van der Waals surface area contributed by atoms with Gasteiger partial charge in [-0.05, 0) is 24.3 Å². The molecule has 92 valence electrons. The van der Waals surface area contributed by atoms with Crippen molar-refractivity contribution >= 4 is 17.6 Å². The molecule has 0 aromatic heterocycles. The van der Waals surface area contributed by atoms with Crippen molar-refractivity contribution in [2.75, 3.05) is 11.9 Å². The maximum atomic E-state index is 12.2. The van der Waals surface area contributed by atoms with E-state index in [1.165, 1.54) is 7.05 Å². The zero-order valence-electron chi connectivity index (χ0n) is 8.65. The molecule has 0 saturated carbocycles. The minimum Gasteiger partial charge on any atom is -0.474 e. The predicted molar refractivity (Wildman–Crippen MR) is 52.5 cm³/mol. The molecule has 0 heterocycles. The van der Waals surface area contributed by atoms with E-state index < -0.39 is 23.6 Å². The minimum absolute atomic E-state index is 0.0744. The smallest absolute Gasteiger partial charge is 0.416 e. The van der Waals surface area contributed by atoms with Crippen molar-refractivity contribution < 1.29 is 27.9 Å². The predicted octanol–water partition coefficient (Wildman–Crippen LogP) is 1.75. The molecule has 0 aliphatic rings. The number of hydrogen-bond acceptors (Lipinski definition) is 2. The number of carbonyl (C=O) groups is 2. The molecule has 4 nitrogen and oxygen atoms in total. The Labute approximate surface area is 94.3 Å². The Kier molecular flexibility index (Phi) is 3.40. The number of hydrogen-bond donors (Lipinski definition) is 1. The van der Waals surface area contributed by atoms with Gasteiger partial charge in [-0.2, -0.15) is 13.2 Å². The Hall–Kier alpha value is -2.05. The van der Waals surface area contributed by atoms with Gasteiger partial charge in [0.1, 0.15) is 0 Å². The van der Waals surface area contributed by atoms with Crippen LogP contribution in [0.3, 0.4) is 0 Å². The fourth-order valence-electron chi connectivity index (χ4n) is 1.13. The first-order valence-electron chi connectivity index (χ1n) is 4.41. The van der Waals surface area contributed by atoms with E-state index in [0.717, 1.165) is 29.2 Å². The van der Waals surface area contributed by atoms with Crippen LogP contribution in [0.15, 0.2) is 24.3 Å². The summed E-state index contributed by atoms with van der Waals surface area (Å²) in [6.45, 7) is 0. The van der Waals surface area contributed by atoms with E-state index in [1.807, 2.05) is 0 Å². The van der Waals surface area contributed by atoms with E-state index in [0.29, 0.717) is 0 Å². The summed E-state index contributed by atoms with van der Waals surface area (Å²) in [6.07, 6.45) is -4.46. The van der Waals surface area contributed by atoms with Gasteiger partial charge in [-0.15, -0.1) is 0 Å². The largest absolute Gasteiger partial charge is 0.474 e. The summed E-state index contributed by atoms with van der Waals surface area (Å²) < 4.78 is 36.7. The Balaban J connectivity index is 2.96. The van der Waals surface area contributed by atoms with E-state index in [2.05, 4.69) is 0 Å². The van der Waals surface area contributed by atoms with Crippen molar-refractivity contribution in [3.05, 3.63) is 29.8 Å². The Morgan fingerprint density at radius 1 is 1.18 bits per heavy atom. The van der Waals surface area contributed by atoms with Crippen molar-refractivity contribution in [2.45, 2.75) is 6.18 Å². The summed E-state index contributed by atoms with van der Waals surface area (Å²) in [5.74, 6) is -2.89. The maximum absolute atomic E-state index is 12.2. The van der Waals surface area contributed by atoms with Crippen LogP contribution in [0.4, 0.5) is 18.9 Å². The third kappa shape index (κ3) is 2.96. The SMILES string of the molecule is CN(C(=O)C(=O)O)c1ccc(C(F)(F)F)cc1. The molecule has 17 heavy (non-hydrogen) atoms. The molecule has 0 spiro atoms. The summed E-state index contributed by atoms with van der Waals surface area (Å²) in [7, 11) is 1.17. The Bertz CT molecular complexity index is 439. The maximum Gasteiger partial charge on any atom is 0.416 e. The topological polar surface area (TPSA) is 57.6 Å². The van der Waals surface area contributed by atoms with Gasteiger partial charge in [0, 0.05) is 12.7 Å². The fraction of sp³-hybridized carbons (Fsp3) is 0.200. The van der Waals surface area contributed by atoms with Gasteiger partial charge in [-0.3, -0.25) is 4.79 Å². The molecular formula is C10H8F3NO3. The number of alkyl halides is 3. The second kappa shape index (κ2) is 4.44. The summed E-state index contributed by atoms with van der Waals surface area (Å²) in [5.41, 5.74) is -0.789. The molecule has 1 rings (SSSR count). The fourth-order valence-corrected chi connectivity index (χ4v) is 1.13. The lowest BCUT2D eigenvalue weighted by atomic mass is 10.2. The van der Waals surface area contributed by atoms with Crippen LogP contribution >= 0.6 is 0 Å². The highest BCUT2D eigenvalue weighted by atomic mass is 19.4. The van der Waals surface area contributed by atoms with Gasteiger partial charge in [0.2, 0.25) is 0 Å². The van der Waals surface area contributed by atoms with Gasteiger partial charge in [-0.1, -0.05) is 0 Å². The lowest BCUT2D eigenvalue weighted by Crippen LogP contribution is -2.32. The molecule has 0 unspecified atom stereocenters. The average molecular weight is 247 g/mol. The average Bonchev–Trinajstić information content (AvgIpc) is 2.26. The Morgan fingerprint density at radius 3 is 2.00 bits per heavy atom. The van der Waals surface area contributed by atoms with Crippen molar-refractivity contribution in [1.82, 2.24) is 0 Å². The number of benzene rings is 1. The minimum atomic E-state index is -4.46. The van der Waals surface area contributed by atoms with E-state index >= 15 is 0 Å². The monoisotopic (exact) mass is 247 g/mol. The zero-order chi connectivity index (χ0) is 13.2. The van der Waals surface area contributed by atoms with Gasteiger partial charge >= 0.3 is 18.1 Å². The molecule has 0 atom stereocenters. The van der Waals surface area contributed by atoms with Crippen LogP contribution in [-0.4, -0.2) is 24.0 Å². The second-order valence-electron chi connectivity index (χ2n) is 3.21. The molecule has 0 bridgehead atoms. The lowest BCUT2D eigenvalue weighted by molar-refractivity contribution is -0.148. The molecular weight excluding hydrogens is 239 g/mol. The third-order valence-electron chi connectivity index (χ3n) is 2.07. The highest BCUT2D eigenvalue weighted by molar-refractivity contribution is 6.37. The zero-order valence-corrected chi connectivity index (χ0v) is 8.65. The number of carboxylic acid groups (broad SMARTS) is 1. The van der Waals surface area contributed by atoms with Crippen molar-refractivity contribution in [3.63, 3.8) is 0 Å². The summed E-state index contributed by atoms with van der Waals surface area (Å²) in [6, 6.07) is 3.62. The summed E-state index contributed by atoms with van der Waals surface area (Å²) in [4.78, 5) is 22.2. The molecule has 1 aromatic rings. The van der Waals surface area contributed by atoms with Crippen LogP contribution in [-0.2, 0) is 15.8 Å². The Morgan fingerprint density at radius 2 is 1.65 bits per heavy atom. The number of likely N-dealkylation sites (N-methyl/N-ethyl adjacent to an activating group) is 1.